The van der Waals surface area contributed by atoms with Crippen LogP contribution in [0.15, 0.2) is 59.9 Å². The molecule has 9 nitrogen and oxygen atoms in total. The second kappa shape index (κ2) is 10.9. The molecule has 0 bridgehead atoms. The molecule has 1 fully saturated rings. The van der Waals surface area contributed by atoms with Crippen LogP contribution in [0.25, 0.3) is 10.6 Å². The van der Waals surface area contributed by atoms with E-state index in [1.807, 2.05) is 6.07 Å². The molecule has 186 valence electrons. The van der Waals surface area contributed by atoms with Crippen LogP contribution < -0.4 is 0 Å². The molecule has 35 heavy (non-hydrogen) atoms. The van der Waals surface area contributed by atoms with Crippen molar-refractivity contribution in [2.75, 3.05) is 0 Å². The molecule has 6 atom stereocenters. The fourth-order valence-corrected chi connectivity index (χ4v) is 5.12. The largest absolute Gasteiger partial charge is 0.506 e. The summed E-state index contributed by atoms with van der Waals surface area (Å²) < 4.78 is 16.2. The number of aromatic nitrogens is 1. The average molecular weight is 522 g/mol. The van der Waals surface area contributed by atoms with Crippen LogP contribution in [0.2, 0.25) is 5.02 Å². The summed E-state index contributed by atoms with van der Waals surface area (Å²) in [6.07, 6.45) is -4.49. The van der Waals surface area contributed by atoms with Gasteiger partial charge in [0, 0.05) is 24.1 Å². The Balaban J connectivity index is 1.59. The number of carboxylic acid groups (broad SMARTS) is 1. The van der Waals surface area contributed by atoms with Gasteiger partial charge < -0.3 is 34.3 Å². The van der Waals surface area contributed by atoms with Gasteiger partial charge in [0.1, 0.15) is 42.4 Å². The van der Waals surface area contributed by atoms with Crippen molar-refractivity contribution in [2.24, 2.45) is 0 Å². The maximum atomic E-state index is 11.1. The summed E-state index contributed by atoms with van der Waals surface area (Å²) in [7, 11) is 0. The summed E-state index contributed by atoms with van der Waals surface area (Å²) >= 11 is 7.88. The lowest BCUT2D eigenvalue weighted by Crippen LogP contribution is -2.58. The van der Waals surface area contributed by atoms with E-state index in [4.69, 9.17) is 30.6 Å². The molecule has 3 aromatic rings. The Morgan fingerprint density at radius 1 is 1.26 bits per heavy atom. The minimum absolute atomic E-state index is 0.0392. The molecule has 1 aromatic carbocycles. The van der Waals surface area contributed by atoms with Crippen molar-refractivity contribution in [3.05, 3.63) is 76.6 Å². The molecule has 11 heteroatoms. The second-order valence-electron chi connectivity index (χ2n) is 8.06. The molecule has 2 aromatic heterocycles. The zero-order valence-electron chi connectivity index (χ0n) is 18.4. The van der Waals surface area contributed by atoms with Crippen molar-refractivity contribution in [3.63, 3.8) is 0 Å². The van der Waals surface area contributed by atoms with E-state index in [0.717, 1.165) is 9.88 Å². The smallest absolute Gasteiger partial charge is 0.463 e. The molecule has 1 unspecified atom stereocenters. The molecular weight excluding hydrogens is 498 g/mol. The molecule has 4 rings (SSSR count). The number of thiazole rings is 1. The van der Waals surface area contributed by atoms with Crippen LogP contribution in [-0.4, -0.2) is 62.1 Å². The Labute approximate surface area is 209 Å². The first-order valence-electron chi connectivity index (χ1n) is 10.8. The third-order valence-electron chi connectivity index (χ3n) is 5.73. The highest BCUT2D eigenvalue weighted by atomic mass is 35.5. The van der Waals surface area contributed by atoms with Crippen molar-refractivity contribution in [2.45, 2.75) is 49.5 Å². The fraction of sp³-hybridized carbons (Fsp3) is 0.333. The molecule has 0 spiro atoms. The van der Waals surface area contributed by atoms with Crippen LogP contribution in [0.3, 0.4) is 0 Å². The Morgan fingerprint density at radius 2 is 2.06 bits per heavy atom. The third-order valence-corrected chi connectivity index (χ3v) is 7.11. The Hall–Kier alpha value is -2.73. The molecular formula is C24H24ClNO8S. The van der Waals surface area contributed by atoms with Gasteiger partial charge in [-0.3, -0.25) is 0 Å². The highest BCUT2D eigenvalue weighted by molar-refractivity contribution is 7.15. The normalized spacial score (nSPS) is 25.2. The number of hydrogen-bond acceptors (Lipinski definition) is 9. The predicted molar refractivity (Wildman–Crippen MR) is 127 cm³/mol. The van der Waals surface area contributed by atoms with E-state index in [1.54, 1.807) is 36.7 Å². The molecule has 3 heterocycles. The van der Waals surface area contributed by atoms with E-state index >= 15 is 0 Å². The third kappa shape index (κ3) is 5.58. The van der Waals surface area contributed by atoms with Crippen molar-refractivity contribution in [3.8, 4) is 10.6 Å². The zero-order chi connectivity index (χ0) is 25.1. The number of halogens is 1. The number of benzene rings is 1. The van der Waals surface area contributed by atoms with Crippen LogP contribution in [-0.2, 0) is 15.9 Å². The SMILES string of the molecule is C=CCC(OC(=O)O)[C@@H]1O[C@@H](c2ccc(Cl)c(Cc3ncc(-c4ccco4)s3)c2)[C@H](O)[C@@H](O)[C@@H]1O. The summed E-state index contributed by atoms with van der Waals surface area (Å²) in [6.45, 7) is 3.57. The number of nitrogens with zero attached hydrogens (tertiary/aromatic N) is 1. The van der Waals surface area contributed by atoms with Crippen LogP contribution in [0.1, 0.15) is 28.7 Å². The number of furan rings is 1. The lowest BCUT2D eigenvalue weighted by molar-refractivity contribution is -0.245. The number of hydrogen-bond donors (Lipinski definition) is 4. The van der Waals surface area contributed by atoms with Gasteiger partial charge in [-0.15, -0.1) is 17.9 Å². The van der Waals surface area contributed by atoms with Crippen molar-refractivity contribution >= 4 is 29.1 Å². The van der Waals surface area contributed by atoms with E-state index in [0.29, 0.717) is 28.3 Å². The highest BCUT2D eigenvalue weighted by Crippen LogP contribution is 2.37. The van der Waals surface area contributed by atoms with Crippen molar-refractivity contribution in [1.82, 2.24) is 4.98 Å². The van der Waals surface area contributed by atoms with Gasteiger partial charge in [0.2, 0.25) is 0 Å². The molecule has 0 aliphatic carbocycles. The van der Waals surface area contributed by atoms with Gasteiger partial charge in [-0.2, -0.15) is 0 Å². The second-order valence-corrected chi connectivity index (χ2v) is 9.59. The van der Waals surface area contributed by atoms with Crippen LogP contribution >= 0.6 is 22.9 Å². The summed E-state index contributed by atoms with van der Waals surface area (Å²) in [5, 5.41) is 42.0. The molecule has 1 aliphatic heterocycles. The van der Waals surface area contributed by atoms with Crippen LogP contribution in [0, 0.1) is 0 Å². The molecule has 0 amide bonds. The van der Waals surface area contributed by atoms with Gasteiger partial charge in [-0.1, -0.05) is 29.8 Å². The first-order chi connectivity index (χ1) is 16.8. The number of aliphatic hydroxyl groups is 3. The van der Waals surface area contributed by atoms with E-state index in [2.05, 4.69) is 11.6 Å². The minimum atomic E-state index is -1.60. The standard InChI is InChI=1S/C24H24ClNO8S/c1-2-4-16(33-24(30)31)23-21(29)19(27)20(28)22(34-23)12-6-7-14(25)13(9-12)10-18-26-11-17(35-18)15-5-3-8-32-15/h2-3,5-9,11,16,19-23,27-29H,1,4,10H2,(H,30,31)/t16?,19-,20-,21+,22+,23+/m1/s1. The predicted octanol–water partition coefficient (Wildman–Crippen LogP) is 3.81. The first-order valence-corrected chi connectivity index (χ1v) is 11.9. The van der Waals surface area contributed by atoms with Crippen LogP contribution in [0.4, 0.5) is 4.79 Å². The van der Waals surface area contributed by atoms with Gasteiger partial charge in [0.25, 0.3) is 0 Å². The minimum Gasteiger partial charge on any atom is -0.463 e. The van der Waals surface area contributed by atoms with E-state index in [9.17, 15) is 20.1 Å². The maximum Gasteiger partial charge on any atom is 0.506 e. The Kier molecular flexibility index (Phi) is 7.90. The van der Waals surface area contributed by atoms with E-state index in [-0.39, 0.29) is 6.42 Å². The van der Waals surface area contributed by atoms with Gasteiger partial charge in [-0.25, -0.2) is 9.78 Å². The van der Waals surface area contributed by atoms with Crippen molar-refractivity contribution in [1.29, 1.82) is 0 Å². The number of aliphatic hydroxyl groups excluding tert-OH is 3. The van der Waals surface area contributed by atoms with E-state index in [1.165, 1.54) is 17.4 Å². The highest BCUT2D eigenvalue weighted by Gasteiger charge is 2.48. The van der Waals surface area contributed by atoms with Crippen LogP contribution in [0.5, 0.6) is 0 Å². The Bertz CT molecular complexity index is 1170. The number of rotatable bonds is 8. The molecule has 0 saturated carbocycles. The molecule has 4 N–H and O–H groups in total. The van der Waals surface area contributed by atoms with Gasteiger partial charge >= 0.3 is 6.16 Å². The maximum absolute atomic E-state index is 11.1. The van der Waals surface area contributed by atoms with Gasteiger partial charge in [-0.05, 0) is 29.3 Å². The lowest BCUT2D eigenvalue weighted by Gasteiger charge is -2.43. The zero-order valence-corrected chi connectivity index (χ0v) is 19.9. The molecule has 0 radical (unpaired) electrons. The molecule has 1 saturated heterocycles. The number of carbonyl (C=O) groups is 1. The van der Waals surface area contributed by atoms with Crippen molar-refractivity contribution < 1.29 is 39.1 Å². The quantitative estimate of drug-likeness (QED) is 0.257. The average Bonchev–Trinajstić information content (AvgIpc) is 3.51. The van der Waals surface area contributed by atoms with Gasteiger partial charge in [0.15, 0.2) is 0 Å². The van der Waals surface area contributed by atoms with E-state index < -0.39 is 42.8 Å². The summed E-state index contributed by atoms with van der Waals surface area (Å²) in [6, 6.07) is 8.65. The lowest BCUT2D eigenvalue weighted by atomic mass is 9.88. The summed E-state index contributed by atoms with van der Waals surface area (Å²) in [4.78, 5) is 16.4. The van der Waals surface area contributed by atoms with Gasteiger partial charge in [0.05, 0.1) is 16.1 Å². The summed E-state index contributed by atoms with van der Waals surface area (Å²) in [5.41, 5.74) is 1.20. The Morgan fingerprint density at radius 3 is 2.74 bits per heavy atom. The number of ether oxygens (including phenoxy) is 2. The fourth-order valence-electron chi connectivity index (χ4n) is 4.03. The summed E-state index contributed by atoms with van der Waals surface area (Å²) in [5.74, 6) is 0.712. The monoisotopic (exact) mass is 521 g/mol. The first kappa shape index (κ1) is 25.4. The topological polar surface area (TPSA) is 142 Å². The molecule has 1 aliphatic rings.